The summed E-state index contributed by atoms with van der Waals surface area (Å²) in [6, 6.07) is -0.613. The lowest BCUT2D eigenvalue weighted by Gasteiger charge is -2.47. The Kier molecular flexibility index (Phi) is 7.62. The second-order valence-corrected chi connectivity index (χ2v) is 11.6. The number of carboxylic acids is 1. The number of nitrogens with one attached hydrogen (secondary N) is 1. The number of Topliss-reactive ketones (excluding diaryl/α,β-unsaturated/α-hetero) is 1. The van der Waals surface area contributed by atoms with Crippen LogP contribution in [0.4, 0.5) is 0 Å². The van der Waals surface area contributed by atoms with Gasteiger partial charge in [-0.2, -0.15) is 0 Å². The fourth-order valence-corrected chi connectivity index (χ4v) is 7.34. The number of aliphatic carboxylic acids is 1. The minimum absolute atomic E-state index is 0.00728. The number of ketones is 1. The van der Waals surface area contributed by atoms with Crippen LogP contribution in [0, 0.1) is 17.8 Å². The van der Waals surface area contributed by atoms with Crippen molar-refractivity contribution in [1.82, 2.24) is 15.1 Å². The van der Waals surface area contributed by atoms with E-state index in [4.69, 9.17) is 17.2 Å². The maximum atomic E-state index is 13.1. The number of hydrogen-bond donors (Lipinski definition) is 5. The molecule has 4 rings (SSSR count). The van der Waals surface area contributed by atoms with E-state index in [2.05, 4.69) is 10.3 Å². The number of rotatable bonds is 9. The van der Waals surface area contributed by atoms with Gasteiger partial charge in [-0.3, -0.25) is 14.4 Å². The number of guanidine groups is 1. The van der Waals surface area contributed by atoms with Crippen LogP contribution in [0.15, 0.2) is 15.6 Å². The Bertz CT molecular complexity index is 1010. The lowest BCUT2D eigenvalue weighted by molar-refractivity contribution is -0.160. The molecule has 0 spiro atoms. The predicted molar refractivity (Wildman–Crippen MR) is 134 cm³/mol. The van der Waals surface area contributed by atoms with Gasteiger partial charge in [0.15, 0.2) is 11.7 Å². The molecule has 8 N–H and O–H groups in total. The molecule has 7 atom stereocenters. The number of β-lactam (4-membered cyclic amide) rings is 1. The largest absolute Gasteiger partial charge is 0.477 e. The van der Waals surface area contributed by atoms with Gasteiger partial charge in [-0.15, -0.1) is 11.8 Å². The van der Waals surface area contributed by atoms with Crippen molar-refractivity contribution in [2.45, 2.75) is 56.5 Å². The summed E-state index contributed by atoms with van der Waals surface area (Å²) in [6.07, 6.45) is 1.51. The summed E-state index contributed by atoms with van der Waals surface area (Å²) < 4.78 is 0. The van der Waals surface area contributed by atoms with Crippen LogP contribution in [0.5, 0.6) is 0 Å². The number of fused-ring (bicyclic) bond motifs is 1. The minimum atomic E-state index is -1.14. The molecule has 0 unspecified atom stereocenters. The third kappa shape index (κ3) is 4.96. The number of carbonyl (C=O) groups excluding carboxylic acids is 3. The van der Waals surface area contributed by atoms with E-state index in [1.807, 2.05) is 13.8 Å². The van der Waals surface area contributed by atoms with Crippen molar-refractivity contribution in [1.29, 1.82) is 0 Å². The van der Waals surface area contributed by atoms with E-state index >= 15 is 0 Å². The van der Waals surface area contributed by atoms with E-state index < -0.39 is 11.9 Å². The Morgan fingerprint density at radius 1 is 1.31 bits per heavy atom. The van der Waals surface area contributed by atoms with Gasteiger partial charge in [0.1, 0.15) is 12.2 Å². The molecule has 4 heterocycles. The summed E-state index contributed by atoms with van der Waals surface area (Å²) in [7, 11) is 0. The Morgan fingerprint density at radius 2 is 2.03 bits per heavy atom. The van der Waals surface area contributed by atoms with Crippen LogP contribution in [0.3, 0.4) is 0 Å². The summed E-state index contributed by atoms with van der Waals surface area (Å²) in [4.78, 5) is 57.9. The summed E-state index contributed by atoms with van der Waals surface area (Å²) in [5.41, 5.74) is 16.5. The van der Waals surface area contributed by atoms with Gasteiger partial charge >= 0.3 is 5.97 Å². The van der Waals surface area contributed by atoms with Crippen LogP contribution in [0.25, 0.3) is 0 Å². The fraction of sp³-hybridized carbons (Fsp3) is 0.696. The van der Waals surface area contributed by atoms with Crippen molar-refractivity contribution in [2.24, 2.45) is 39.9 Å². The van der Waals surface area contributed by atoms with Gasteiger partial charge in [0.2, 0.25) is 11.8 Å². The molecule has 0 radical (unpaired) electrons. The molecular weight excluding hydrogens is 486 g/mol. The normalized spacial score (nSPS) is 32.4. The molecule has 3 saturated heterocycles. The van der Waals surface area contributed by atoms with Crippen molar-refractivity contribution >= 4 is 41.3 Å². The van der Waals surface area contributed by atoms with E-state index in [0.29, 0.717) is 31.0 Å². The van der Waals surface area contributed by atoms with Gasteiger partial charge in [-0.25, -0.2) is 9.79 Å². The molecule has 36 heavy (non-hydrogen) atoms. The second kappa shape index (κ2) is 10.4. The molecule has 13 heteroatoms. The first-order chi connectivity index (χ1) is 17.0. The Balaban J connectivity index is 1.41. The van der Waals surface area contributed by atoms with Crippen LogP contribution < -0.4 is 22.5 Å². The van der Waals surface area contributed by atoms with E-state index in [9.17, 15) is 24.3 Å². The molecule has 2 amide bonds. The molecule has 12 nitrogen and oxygen atoms in total. The summed E-state index contributed by atoms with van der Waals surface area (Å²) >= 11 is 1.45. The number of likely N-dealkylation sites (tertiary alicyclic amines) is 1. The van der Waals surface area contributed by atoms with Crippen LogP contribution in [-0.2, 0) is 19.2 Å². The van der Waals surface area contributed by atoms with E-state index in [1.54, 1.807) is 4.90 Å². The van der Waals surface area contributed by atoms with Crippen LogP contribution in [-0.4, -0.2) is 94.0 Å². The number of nitrogens with two attached hydrogens (primary N) is 3. The zero-order valence-corrected chi connectivity index (χ0v) is 21.4. The molecule has 0 aromatic rings. The fourth-order valence-electron chi connectivity index (χ4n) is 5.87. The number of hydrogen-bond acceptors (Lipinski definition) is 8. The average molecular weight is 522 g/mol. The monoisotopic (exact) mass is 521 g/mol. The molecular formula is C23H35N7O5S. The van der Waals surface area contributed by atoms with Crippen molar-refractivity contribution in [3.05, 3.63) is 10.6 Å². The smallest absolute Gasteiger partial charge is 0.353 e. The first kappa shape index (κ1) is 26.4. The van der Waals surface area contributed by atoms with Gasteiger partial charge < -0.3 is 37.4 Å². The third-order valence-electron chi connectivity index (χ3n) is 7.61. The number of carboxylic acid groups (broad SMARTS) is 1. The Morgan fingerprint density at radius 3 is 2.64 bits per heavy atom. The number of aliphatic imine (C=N–C) groups is 1. The first-order valence-electron chi connectivity index (χ1n) is 12.3. The standard InChI is InChI=1S/C23H35N7O5S/c1-10(5-13(31)7-28-23(25)26)16-17-11(2)19(18(22(34)35)30(17)21(16)33)36-14-6-15(27-8-14)20(32)29-4-3-12(24)9-29/h10-12,14-17,27H,3-9,24H2,1-2H3,(H,34,35)(H4,25,26,28)/t10-,11+,12-,14-,15-,16+,17-/m0/s1. The van der Waals surface area contributed by atoms with Crippen molar-refractivity contribution < 1.29 is 24.3 Å². The number of amides is 2. The maximum Gasteiger partial charge on any atom is 0.353 e. The van der Waals surface area contributed by atoms with E-state index in [1.165, 1.54) is 16.7 Å². The zero-order chi connectivity index (χ0) is 26.3. The molecule has 0 aromatic carbocycles. The highest BCUT2D eigenvalue weighted by molar-refractivity contribution is 8.03. The SMILES string of the molecule is C[C@@H](CC(=O)CN=C(N)N)[C@H]1C(=O)N2C(C(=O)O)=C(S[C@@H]3CN[C@H](C(=O)N4CC[C@H](N)C4)C3)[C@H](C)[C@@H]12. The van der Waals surface area contributed by atoms with Gasteiger partial charge in [0.05, 0.1) is 18.0 Å². The van der Waals surface area contributed by atoms with Crippen LogP contribution >= 0.6 is 11.8 Å². The lowest BCUT2D eigenvalue weighted by Crippen LogP contribution is -2.62. The topological polar surface area (TPSA) is 197 Å². The number of nitrogens with zero attached hydrogens (tertiary/aromatic N) is 3. The summed E-state index contributed by atoms with van der Waals surface area (Å²) in [6.45, 7) is 5.41. The van der Waals surface area contributed by atoms with Crippen LogP contribution in [0.2, 0.25) is 0 Å². The maximum absolute atomic E-state index is 13.1. The molecule has 4 aliphatic heterocycles. The Labute approximate surface area is 214 Å². The van der Waals surface area contributed by atoms with Gasteiger partial charge in [-0.05, 0) is 18.8 Å². The predicted octanol–water partition coefficient (Wildman–Crippen LogP) is -1.35. The Hall–Kier alpha value is -2.64. The molecule has 4 aliphatic rings. The van der Waals surface area contributed by atoms with Crippen molar-refractivity contribution in [3.8, 4) is 0 Å². The highest BCUT2D eigenvalue weighted by atomic mass is 32.2. The molecule has 0 bridgehead atoms. The van der Waals surface area contributed by atoms with Crippen LogP contribution in [0.1, 0.15) is 33.1 Å². The lowest BCUT2D eigenvalue weighted by atomic mass is 9.73. The first-order valence-corrected chi connectivity index (χ1v) is 13.2. The average Bonchev–Trinajstić information content (AvgIpc) is 3.50. The van der Waals surface area contributed by atoms with E-state index in [0.717, 1.165) is 6.42 Å². The summed E-state index contributed by atoms with van der Waals surface area (Å²) in [5.74, 6) is -2.64. The van der Waals surface area contributed by atoms with Gasteiger partial charge in [0.25, 0.3) is 0 Å². The van der Waals surface area contributed by atoms with Gasteiger partial charge in [0, 0.05) is 48.2 Å². The number of thioether (sulfide) groups is 1. The molecule has 0 aromatic heterocycles. The van der Waals surface area contributed by atoms with Crippen molar-refractivity contribution in [3.63, 3.8) is 0 Å². The highest BCUT2D eigenvalue weighted by Gasteiger charge is 2.60. The molecule has 0 saturated carbocycles. The third-order valence-corrected chi connectivity index (χ3v) is 9.12. The van der Waals surface area contributed by atoms with E-state index in [-0.39, 0.29) is 77.4 Å². The van der Waals surface area contributed by atoms with Crippen molar-refractivity contribution in [2.75, 3.05) is 26.2 Å². The zero-order valence-electron chi connectivity index (χ0n) is 20.6. The number of carbonyl (C=O) groups is 4. The van der Waals surface area contributed by atoms with Gasteiger partial charge in [-0.1, -0.05) is 13.8 Å². The summed E-state index contributed by atoms with van der Waals surface area (Å²) in [5, 5.41) is 13.3. The molecule has 3 fully saturated rings. The molecule has 0 aliphatic carbocycles. The molecule has 198 valence electrons. The quantitative estimate of drug-likeness (QED) is 0.137. The second-order valence-electron chi connectivity index (χ2n) is 10.3. The minimum Gasteiger partial charge on any atom is -0.477 e. The highest BCUT2D eigenvalue weighted by Crippen LogP contribution is 2.53.